The maximum Gasteiger partial charge on any atom is 0.123 e. The lowest BCUT2D eigenvalue weighted by molar-refractivity contribution is 0.108. The van der Waals surface area contributed by atoms with Crippen molar-refractivity contribution in [3.05, 3.63) is 106 Å². The number of aryl methyl sites for hydroxylation is 2. The fraction of sp³-hybridized carbons (Fsp3) is 0.200. The zero-order chi connectivity index (χ0) is 24.9. The molecule has 0 aliphatic rings. The lowest BCUT2D eigenvalue weighted by Gasteiger charge is -2.18. The Kier molecular flexibility index (Phi) is 7.51. The fourth-order valence-corrected chi connectivity index (χ4v) is 4.54. The summed E-state index contributed by atoms with van der Waals surface area (Å²) in [6.07, 6.45) is 0. The quantitative estimate of drug-likeness (QED) is 0.263. The highest BCUT2D eigenvalue weighted by molar-refractivity contribution is 5.78. The molecule has 180 valence electrons. The Hall–Kier alpha value is -3.64. The first-order valence-corrected chi connectivity index (χ1v) is 11.5. The van der Waals surface area contributed by atoms with Gasteiger partial charge in [0.2, 0.25) is 0 Å². The third kappa shape index (κ3) is 4.93. The van der Waals surface area contributed by atoms with Crippen LogP contribution in [0.25, 0.3) is 22.3 Å². The van der Waals surface area contributed by atoms with E-state index in [1.165, 1.54) is 0 Å². The van der Waals surface area contributed by atoms with E-state index in [0.29, 0.717) is 22.3 Å². The van der Waals surface area contributed by atoms with Gasteiger partial charge in [0.05, 0.1) is 26.4 Å². The standard InChI is InChI=1S/C30H30O5/c1-19-11-13-27(33)29(25(19)15-31)23-9-5-3-7-21(23)17-35-18-22-8-4-6-10-24(22)30-26(16-32)20(2)12-14-28(30)34/h3-14,31-34H,15-18H2,1-2H3. The van der Waals surface area contributed by atoms with Crippen LogP contribution in [0.15, 0.2) is 72.8 Å². The second-order valence-corrected chi connectivity index (χ2v) is 8.63. The molecule has 0 aliphatic heterocycles. The number of phenols is 2. The van der Waals surface area contributed by atoms with Gasteiger partial charge in [0.25, 0.3) is 0 Å². The number of phenolic OH excluding ortho intramolecular Hbond substituents is 2. The van der Waals surface area contributed by atoms with Crippen molar-refractivity contribution in [1.82, 2.24) is 0 Å². The lowest BCUT2D eigenvalue weighted by Crippen LogP contribution is -2.02. The molecular formula is C30H30O5. The van der Waals surface area contributed by atoms with Crippen molar-refractivity contribution in [1.29, 1.82) is 0 Å². The van der Waals surface area contributed by atoms with E-state index >= 15 is 0 Å². The molecule has 0 saturated heterocycles. The molecule has 0 fully saturated rings. The average Bonchev–Trinajstić information content (AvgIpc) is 2.87. The van der Waals surface area contributed by atoms with Crippen molar-refractivity contribution in [2.45, 2.75) is 40.3 Å². The number of ether oxygens (including phenoxy) is 1. The average molecular weight is 471 g/mol. The van der Waals surface area contributed by atoms with Crippen molar-refractivity contribution in [2.24, 2.45) is 0 Å². The van der Waals surface area contributed by atoms with E-state index in [-0.39, 0.29) is 37.9 Å². The molecule has 5 nitrogen and oxygen atoms in total. The van der Waals surface area contributed by atoms with Crippen molar-refractivity contribution in [3.63, 3.8) is 0 Å². The molecule has 4 aromatic carbocycles. The first-order chi connectivity index (χ1) is 17.0. The number of aliphatic hydroxyl groups is 2. The van der Waals surface area contributed by atoms with E-state index in [1.807, 2.05) is 62.4 Å². The van der Waals surface area contributed by atoms with Gasteiger partial charge in [-0.25, -0.2) is 0 Å². The zero-order valence-electron chi connectivity index (χ0n) is 20.0. The van der Waals surface area contributed by atoms with Gasteiger partial charge in [0.15, 0.2) is 0 Å². The zero-order valence-corrected chi connectivity index (χ0v) is 20.0. The molecule has 0 unspecified atom stereocenters. The summed E-state index contributed by atoms with van der Waals surface area (Å²) in [6.45, 7) is 4.04. The molecule has 0 atom stereocenters. The van der Waals surface area contributed by atoms with Crippen molar-refractivity contribution >= 4 is 0 Å². The van der Waals surface area contributed by atoms with Crippen LogP contribution in [-0.4, -0.2) is 20.4 Å². The Morgan fingerprint density at radius 2 is 0.971 bits per heavy atom. The first-order valence-electron chi connectivity index (χ1n) is 11.5. The number of aromatic hydroxyl groups is 2. The van der Waals surface area contributed by atoms with E-state index < -0.39 is 0 Å². The normalized spacial score (nSPS) is 11.1. The van der Waals surface area contributed by atoms with Crippen LogP contribution < -0.4 is 0 Å². The molecule has 4 aromatic rings. The van der Waals surface area contributed by atoms with Crippen LogP contribution in [0, 0.1) is 13.8 Å². The molecular weight excluding hydrogens is 440 g/mol. The highest BCUT2D eigenvalue weighted by atomic mass is 16.5. The predicted octanol–water partition coefficient (Wildman–Crippen LogP) is 5.75. The monoisotopic (exact) mass is 470 g/mol. The maximum absolute atomic E-state index is 10.6. The van der Waals surface area contributed by atoms with Crippen molar-refractivity contribution < 1.29 is 25.2 Å². The van der Waals surface area contributed by atoms with Gasteiger partial charge in [-0.1, -0.05) is 60.7 Å². The van der Waals surface area contributed by atoms with E-state index in [1.54, 1.807) is 24.3 Å². The minimum Gasteiger partial charge on any atom is -0.507 e. The summed E-state index contributed by atoms with van der Waals surface area (Å²) in [7, 11) is 0. The molecule has 0 bridgehead atoms. The summed E-state index contributed by atoms with van der Waals surface area (Å²) in [5, 5.41) is 41.1. The summed E-state index contributed by atoms with van der Waals surface area (Å²) in [5.41, 5.74) is 7.81. The van der Waals surface area contributed by atoms with Crippen LogP contribution in [0.2, 0.25) is 0 Å². The topological polar surface area (TPSA) is 90.2 Å². The minimum atomic E-state index is -0.175. The van der Waals surface area contributed by atoms with Crippen LogP contribution in [0.3, 0.4) is 0 Å². The highest BCUT2D eigenvalue weighted by Crippen LogP contribution is 2.38. The number of benzene rings is 4. The highest BCUT2D eigenvalue weighted by Gasteiger charge is 2.17. The summed E-state index contributed by atoms with van der Waals surface area (Å²) in [5.74, 6) is 0.229. The summed E-state index contributed by atoms with van der Waals surface area (Å²) in [4.78, 5) is 0. The maximum atomic E-state index is 10.6. The van der Waals surface area contributed by atoms with Crippen LogP contribution >= 0.6 is 0 Å². The molecule has 0 saturated carbocycles. The van der Waals surface area contributed by atoms with Gasteiger partial charge >= 0.3 is 0 Å². The fourth-order valence-electron chi connectivity index (χ4n) is 4.54. The van der Waals surface area contributed by atoms with Gasteiger partial charge in [-0.15, -0.1) is 0 Å². The van der Waals surface area contributed by atoms with Gasteiger partial charge in [-0.3, -0.25) is 0 Å². The van der Waals surface area contributed by atoms with E-state index in [9.17, 15) is 20.4 Å². The minimum absolute atomic E-state index is 0.115. The van der Waals surface area contributed by atoms with Crippen LogP contribution in [0.4, 0.5) is 0 Å². The number of hydrogen-bond acceptors (Lipinski definition) is 5. The Labute approximate surface area is 205 Å². The molecule has 4 rings (SSSR count). The largest absolute Gasteiger partial charge is 0.507 e. The Morgan fingerprint density at radius 1 is 0.571 bits per heavy atom. The molecule has 0 amide bonds. The molecule has 4 N–H and O–H groups in total. The second-order valence-electron chi connectivity index (χ2n) is 8.63. The van der Waals surface area contributed by atoms with Crippen LogP contribution in [0.5, 0.6) is 11.5 Å². The Morgan fingerprint density at radius 3 is 1.37 bits per heavy atom. The van der Waals surface area contributed by atoms with Gasteiger partial charge in [-0.05, 0) is 70.5 Å². The van der Waals surface area contributed by atoms with Crippen molar-refractivity contribution in [2.75, 3.05) is 0 Å². The number of hydrogen-bond donors (Lipinski definition) is 4. The van der Waals surface area contributed by atoms with Crippen LogP contribution in [-0.2, 0) is 31.2 Å². The summed E-state index contributed by atoms with van der Waals surface area (Å²) < 4.78 is 6.13. The second kappa shape index (κ2) is 10.7. The van der Waals surface area contributed by atoms with E-state index in [2.05, 4.69) is 0 Å². The van der Waals surface area contributed by atoms with Gasteiger partial charge in [-0.2, -0.15) is 0 Å². The van der Waals surface area contributed by atoms with Crippen LogP contribution in [0.1, 0.15) is 33.4 Å². The molecule has 0 aromatic heterocycles. The molecule has 5 heteroatoms. The van der Waals surface area contributed by atoms with E-state index in [0.717, 1.165) is 33.4 Å². The molecule has 0 spiro atoms. The number of rotatable bonds is 8. The third-order valence-electron chi connectivity index (χ3n) is 6.46. The van der Waals surface area contributed by atoms with Crippen molar-refractivity contribution in [3.8, 4) is 33.8 Å². The van der Waals surface area contributed by atoms with Gasteiger partial charge in [0, 0.05) is 11.1 Å². The van der Waals surface area contributed by atoms with E-state index in [4.69, 9.17) is 4.74 Å². The number of aliphatic hydroxyl groups excluding tert-OH is 2. The molecule has 35 heavy (non-hydrogen) atoms. The van der Waals surface area contributed by atoms with Gasteiger partial charge < -0.3 is 25.2 Å². The predicted molar refractivity (Wildman–Crippen MR) is 137 cm³/mol. The third-order valence-corrected chi connectivity index (χ3v) is 6.46. The smallest absolute Gasteiger partial charge is 0.123 e. The Balaban J connectivity index is 1.64. The molecule has 0 heterocycles. The Bertz CT molecular complexity index is 1240. The SMILES string of the molecule is Cc1ccc(O)c(-c2ccccc2COCc2ccccc2-c2c(O)ccc(C)c2CO)c1CO. The molecule has 0 aliphatic carbocycles. The molecule has 0 radical (unpaired) electrons. The van der Waals surface area contributed by atoms with Gasteiger partial charge in [0.1, 0.15) is 11.5 Å². The summed E-state index contributed by atoms with van der Waals surface area (Å²) in [6, 6.07) is 22.2. The summed E-state index contributed by atoms with van der Waals surface area (Å²) >= 11 is 0. The lowest BCUT2D eigenvalue weighted by atomic mass is 9.92. The first kappa shape index (κ1) is 24.5.